The molecular weight excluding hydrogens is 830 g/mol. The number of aromatic amines is 1. The van der Waals surface area contributed by atoms with Crippen molar-refractivity contribution in [2.45, 2.75) is 56.9 Å². The number of anilines is 1. The molecule has 15 heteroatoms. The van der Waals surface area contributed by atoms with Crippen LogP contribution in [0, 0.1) is 17.1 Å². The van der Waals surface area contributed by atoms with Crippen LogP contribution in [0.1, 0.15) is 77.2 Å². The van der Waals surface area contributed by atoms with Gasteiger partial charge in [-0.2, -0.15) is 15.0 Å². The number of nitrogens with one attached hydrogen (secondary N) is 2. The minimum atomic E-state index is -2.01. The first kappa shape index (κ1) is 44.8. The normalized spacial score (nSPS) is 12.3. The zero-order valence-corrected chi connectivity index (χ0v) is 37.5. The number of methoxy groups -OCH3 is 1. The lowest BCUT2D eigenvalue weighted by Crippen LogP contribution is -2.41. The van der Waals surface area contributed by atoms with Gasteiger partial charge in [-0.15, -0.1) is 5.10 Å². The molecule has 0 spiro atoms. The Morgan fingerprint density at radius 3 is 1.98 bits per heavy atom. The molecule has 5 aromatic carbocycles. The Bertz CT molecular complexity index is 2720. The number of carbonyl (C=O) groups is 1. The van der Waals surface area contributed by atoms with Crippen molar-refractivity contribution in [3.63, 3.8) is 0 Å². The highest BCUT2D eigenvalue weighted by Gasteiger charge is 2.41. The Morgan fingerprint density at radius 2 is 1.47 bits per heavy atom. The van der Waals surface area contributed by atoms with Crippen LogP contribution < -0.4 is 20.5 Å². The van der Waals surface area contributed by atoms with Crippen molar-refractivity contribution >= 4 is 20.0 Å². The Morgan fingerprint density at radius 1 is 0.891 bits per heavy atom. The molecule has 0 amide bonds. The number of H-pyrrole nitrogens is 1. The third-order valence-electron chi connectivity index (χ3n) is 11.7. The maximum Gasteiger partial charge on any atom is 0.349 e. The van der Waals surface area contributed by atoms with E-state index in [1.54, 1.807) is 28.9 Å². The Hall–Kier alpha value is -7.28. The fraction of sp³-hybridized carbons (Fsp3) is 0.245. The van der Waals surface area contributed by atoms with E-state index in [9.17, 15) is 20.0 Å². The zero-order chi connectivity index (χ0) is 45.6. The van der Waals surface area contributed by atoms with Gasteiger partial charge in [-0.3, -0.25) is 9.67 Å². The van der Waals surface area contributed by atoms with Gasteiger partial charge in [0, 0.05) is 36.5 Å². The van der Waals surface area contributed by atoms with Gasteiger partial charge >= 0.3 is 11.7 Å². The number of aromatic carboxylic acids is 1. The summed E-state index contributed by atoms with van der Waals surface area (Å²) in [7, 11) is -0.567. The molecule has 0 fully saturated rings. The number of carboxylic acid groups (broad SMARTS) is 1. The van der Waals surface area contributed by atoms with E-state index in [1.807, 2.05) is 91.0 Å². The molecule has 0 aliphatic carbocycles. The van der Waals surface area contributed by atoms with Crippen molar-refractivity contribution < 1.29 is 28.2 Å². The number of rotatable bonds is 17. The molecule has 0 bridgehead atoms. The molecule has 0 saturated carbocycles. The molecule has 13 nitrogen and oxygen atoms in total. The molecular formula is C49H50FN7O6Si. The minimum absolute atomic E-state index is 0.00244. The van der Waals surface area contributed by atoms with E-state index in [1.165, 1.54) is 25.4 Å². The molecule has 2 heterocycles. The van der Waals surface area contributed by atoms with Gasteiger partial charge in [0.15, 0.2) is 31.5 Å². The lowest BCUT2D eigenvalue weighted by atomic mass is 9.77. The van der Waals surface area contributed by atoms with Gasteiger partial charge in [0.05, 0.1) is 25.3 Å². The van der Waals surface area contributed by atoms with Crippen molar-refractivity contribution in [1.82, 2.24) is 24.5 Å². The first-order valence-corrected chi connectivity index (χ1v) is 23.7. The number of ether oxygens (including phenoxy) is 2. The third kappa shape index (κ3) is 8.96. The first-order valence-electron chi connectivity index (χ1n) is 20.8. The van der Waals surface area contributed by atoms with Crippen LogP contribution in [0.15, 0.2) is 138 Å². The predicted octanol–water partition coefficient (Wildman–Crippen LogP) is 9.31. The van der Waals surface area contributed by atoms with Gasteiger partial charge in [-0.1, -0.05) is 112 Å². The Balaban J connectivity index is 1.34. The van der Waals surface area contributed by atoms with Crippen molar-refractivity contribution in [3.05, 3.63) is 189 Å². The molecule has 0 aliphatic heterocycles. The van der Waals surface area contributed by atoms with E-state index < -0.39 is 37.4 Å². The number of aromatic nitrogens is 5. The molecule has 64 heavy (non-hydrogen) atoms. The summed E-state index contributed by atoms with van der Waals surface area (Å²) in [5.74, 6) is -2.30. The summed E-state index contributed by atoms with van der Waals surface area (Å²) in [6.45, 7) is 11.4. The average Bonchev–Trinajstić information content (AvgIpc) is 3.91. The van der Waals surface area contributed by atoms with Crippen LogP contribution in [0.5, 0.6) is 11.5 Å². The maximum atomic E-state index is 16.9. The Kier molecular flexibility index (Phi) is 13.0. The number of nitrogens with zero attached hydrogens (tertiary/aromatic N) is 5. The number of nitriles is 1. The Labute approximate surface area is 371 Å². The van der Waals surface area contributed by atoms with Crippen LogP contribution in [-0.2, 0) is 9.96 Å². The van der Waals surface area contributed by atoms with Crippen LogP contribution in [0.3, 0.4) is 0 Å². The van der Waals surface area contributed by atoms with Crippen LogP contribution >= 0.6 is 0 Å². The maximum absolute atomic E-state index is 16.9. The number of halogens is 1. The van der Waals surface area contributed by atoms with Gasteiger partial charge in [0.1, 0.15) is 22.9 Å². The summed E-state index contributed by atoms with van der Waals surface area (Å²) < 4.78 is 37.2. The lowest BCUT2D eigenvalue weighted by Gasteiger charge is -2.36. The van der Waals surface area contributed by atoms with Gasteiger partial charge < -0.3 is 24.3 Å². The molecule has 1 atom stereocenters. The van der Waals surface area contributed by atoms with Crippen molar-refractivity contribution in [2.24, 2.45) is 0 Å². The quantitative estimate of drug-likeness (QED) is 0.0455. The molecule has 1 unspecified atom stereocenters. The van der Waals surface area contributed by atoms with Gasteiger partial charge in [-0.05, 0) is 65.2 Å². The van der Waals surface area contributed by atoms with Crippen LogP contribution in [0.25, 0.3) is 5.82 Å². The molecule has 0 radical (unpaired) electrons. The minimum Gasteiger partial charge on any atom is -0.497 e. The number of hydrogen-bond donors (Lipinski definition) is 3. The summed E-state index contributed by atoms with van der Waals surface area (Å²) in [6, 6.07) is 38.9. The molecule has 328 valence electrons. The smallest absolute Gasteiger partial charge is 0.349 e. The highest BCUT2D eigenvalue weighted by Crippen LogP contribution is 2.42. The highest BCUT2D eigenvalue weighted by molar-refractivity contribution is 6.74. The largest absolute Gasteiger partial charge is 0.497 e. The second-order valence-corrected chi connectivity index (χ2v) is 21.6. The molecule has 7 rings (SSSR count). The van der Waals surface area contributed by atoms with Gasteiger partial charge in [0.25, 0.3) is 0 Å². The first-order chi connectivity index (χ1) is 30.7. The van der Waals surface area contributed by atoms with Crippen LogP contribution in [0.2, 0.25) is 18.1 Å². The van der Waals surface area contributed by atoms with E-state index in [0.717, 1.165) is 21.4 Å². The van der Waals surface area contributed by atoms with E-state index in [-0.39, 0.29) is 45.9 Å². The van der Waals surface area contributed by atoms with Crippen LogP contribution in [0.4, 0.5) is 10.1 Å². The summed E-state index contributed by atoms with van der Waals surface area (Å²) in [5, 5.41) is 33.0. The molecule has 0 aliphatic rings. The van der Waals surface area contributed by atoms with E-state index >= 15 is 4.39 Å². The molecule has 0 saturated heterocycles. The fourth-order valence-corrected chi connectivity index (χ4v) is 8.39. The number of benzene rings is 5. The second-order valence-electron chi connectivity index (χ2n) is 16.8. The van der Waals surface area contributed by atoms with Crippen molar-refractivity contribution in [1.29, 1.82) is 5.26 Å². The third-order valence-corrected chi connectivity index (χ3v) is 16.2. The average molecular weight is 880 g/mol. The summed E-state index contributed by atoms with van der Waals surface area (Å²) >= 11 is 0. The number of carboxylic acids is 1. The van der Waals surface area contributed by atoms with Gasteiger partial charge in [0.2, 0.25) is 0 Å². The van der Waals surface area contributed by atoms with Crippen molar-refractivity contribution in [3.8, 4) is 23.4 Å². The lowest BCUT2D eigenvalue weighted by molar-refractivity contribution is 0.0696. The second kappa shape index (κ2) is 18.6. The standard InChI is InChI=1S/C49H50FN7O6Si/c1-48(2,3)64(5,6)63-28-16-27-62-41-30-38(61-4)29-39(42(41)50)43(52-37-25-23-33(31-51)24-26-37)44-53-47(60)57(54-44)45-40(46(58)59)32-56(55-45)49(34-17-10-7-11-18-34,35-19-12-8-13-20-35)36-21-14-9-15-22-36/h7-15,17-26,29-30,32,43,52H,16,27-28H2,1-6H3,(H,58,59)(H,53,54,60). The molecule has 2 aromatic heterocycles. The predicted molar refractivity (Wildman–Crippen MR) is 244 cm³/mol. The summed E-state index contributed by atoms with van der Waals surface area (Å²) in [6.07, 6.45) is 1.89. The summed E-state index contributed by atoms with van der Waals surface area (Å²) in [5.41, 5.74) is 0.809. The van der Waals surface area contributed by atoms with E-state index in [0.29, 0.717) is 24.3 Å². The van der Waals surface area contributed by atoms with Gasteiger partial charge in [-0.25, -0.2) is 14.0 Å². The molecule has 7 aromatic rings. The fourth-order valence-electron chi connectivity index (χ4n) is 7.30. The zero-order valence-electron chi connectivity index (χ0n) is 36.5. The van der Waals surface area contributed by atoms with Crippen molar-refractivity contribution in [2.75, 3.05) is 25.6 Å². The molecule has 3 N–H and O–H groups in total. The monoisotopic (exact) mass is 879 g/mol. The SMILES string of the molecule is COc1cc(OCCCO[Si](C)(C)C(C)(C)C)c(F)c(C(Nc2ccc(C#N)cc2)c2nn(-c3nn(C(c4ccccc4)(c4ccccc4)c4ccccc4)cc3C(=O)O)c(=O)[nH]2)c1. The number of hydrogen-bond acceptors (Lipinski definition) is 9. The topological polar surface area (TPSA) is 169 Å². The highest BCUT2D eigenvalue weighted by atomic mass is 28.4. The summed E-state index contributed by atoms with van der Waals surface area (Å²) in [4.78, 5) is 30.1. The van der Waals surface area contributed by atoms with E-state index in [4.69, 9.17) is 19.0 Å². The van der Waals surface area contributed by atoms with Crippen LogP contribution in [-0.4, -0.2) is 64.3 Å². The van der Waals surface area contributed by atoms with E-state index in [2.05, 4.69) is 55.3 Å².